The minimum absolute atomic E-state index is 0.0296. The van der Waals surface area contributed by atoms with Crippen LogP contribution in [-0.4, -0.2) is 21.8 Å². The summed E-state index contributed by atoms with van der Waals surface area (Å²) in [6.45, 7) is 6.07. The van der Waals surface area contributed by atoms with Crippen molar-refractivity contribution in [3.8, 4) is 10.7 Å². The molecule has 0 aliphatic carbocycles. The number of carbonyl (C=O) groups excluding carboxylic acids is 1. The fraction of sp³-hybridized carbons (Fsp3) is 0.278. The highest BCUT2D eigenvalue weighted by Crippen LogP contribution is 2.24. The fourth-order valence-corrected chi connectivity index (χ4v) is 3.90. The van der Waals surface area contributed by atoms with Crippen LogP contribution in [0, 0.1) is 20.8 Å². The van der Waals surface area contributed by atoms with E-state index in [4.69, 9.17) is 4.52 Å². The van der Waals surface area contributed by atoms with E-state index in [0.29, 0.717) is 23.2 Å². The number of hydrogen-bond donors (Lipinski definition) is 1. The Hall–Kier alpha value is -2.12. The van der Waals surface area contributed by atoms with E-state index in [1.54, 1.807) is 11.3 Å². The lowest BCUT2D eigenvalue weighted by molar-refractivity contribution is -0.113. The van der Waals surface area contributed by atoms with Crippen LogP contribution in [0.3, 0.4) is 0 Å². The van der Waals surface area contributed by atoms with Crippen molar-refractivity contribution in [3.05, 3.63) is 52.2 Å². The Morgan fingerprint density at radius 3 is 2.72 bits per heavy atom. The van der Waals surface area contributed by atoms with Gasteiger partial charge in [-0.15, -0.1) is 23.1 Å². The first-order valence-electron chi connectivity index (χ1n) is 7.85. The van der Waals surface area contributed by atoms with Crippen LogP contribution in [0.25, 0.3) is 10.7 Å². The number of carbonyl (C=O) groups is 1. The number of aryl methyl sites for hydroxylation is 3. The molecule has 0 saturated heterocycles. The van der Waals surface area contributed by atoms with Gasteiger partial charge in [-0.2, -0.15) is 4.98 Å². The zero-order chi connectivity index (χ0) is 17.8. The lowest BCUT2D eigenvalue weighted by atomic mass is 10.1. The van der Waals surface area contributed by atoms with E-state index in [0.717, 1.165) is 21.7 Å². The van der Waals surface area contributed by atoms with Gasteiger partial charge in [-0.25, -0.2) is 0 Å². The van der Waals surface area contributed by atoms with Gasteiger partial charge >= 0.3 is 0 Å². The Bertz CT molecular complexity index is 849. The van der Waals surface area contributed by atoms with E-state index < -0.39 is 0 Å². The lowest BCUT2D eigenvalue weighted by Crippen LogP contribution is -2.16. The highest BCUT2D eigenvalue weighted by atomic mass is 32.2. The van der Waals surface area contributed by atoms with Crippen LogP contribution in [0.2, 0.25) is 0 Å². The third kappa shape index (κ3) is 4.49. The number of anilines is 1. The third-order valence-electron chi connectivity index (χ3n) is 3.61. The summed E-state index contributed by atoms with van der Waals surface area (Å²) in [7, 11) is 0. The minimum Gasteiger partial charge on any atom is -0.338 e. The number of aromatic nitrogens is 2. The number of nitrogens with one attached hydrogen (secondary N) is 1. The van der Waals surface area contributed by atoms with Crippen molar-refractivity contribution >= 4 is 34.7 Å². The minimum atomic E-state index is -0.0296. The van der Waals surface area contributed by atoms with Crippen molar-refractivity contribution in [1.82, 2.24) is 10.1 Å². The van der Waals surface area contributed by atoms with Crippen LogP contribution >= 0.6 is 23.1 Å². The molecule has 3 aromatic rings. The first-order valence-corrected chi connectivity index (χ1v) is 9.88. The molecule has 1 amide bonds. The monoisotopic (exact) mass is 373 g/mol. The van der Waals surface area contributed by atoms with E-state index in [9.17, 15) is 4.79 Å². The van der Waals surface area contributed by atoms with Crippen molar-refractivity contribution in [1.29, 1.82) is 0 Å². The van der Waals surface area contributed by atoms with Gasteiger partial charge in [0, 0.05) is 5.69 Å². The molecule has 0 atom stereocenters. The molecule has 0 aliphatic heterocycles. The molecule has 0 saturated carbocycles. The molecule has 130 valence electrons. The number of rotatable bonds is 6. The standard InChI is InChI=1S/C18H19N3O2S2/c1-11-7-12(2)17(13(3)8-11)19-15(22)9-24-10-16-20-18(21-23-16)14-5-4-6-25-14/h4-8H,9-10H2,1-3H3,(H,19,22). The van der Waals surface area contributed by atoms with E-state index >= 15 is 0 Å². The maximum atomic E-state index is 12.2. The molecule has 0 bridgehead atoms. The average molecular weight is 374 g/mol. The zero-order valence-corrected chi connectivity index (χ0v) is 16.0. The summed E-state index contributed by atoms with van der Waals surface area (Å²) >= 11 is 3.02. The molecular formula is C18H19N3O2S2. The molecule has 3 rings (SSSR count). The smallest absolute Gasteiger partial charge is 0.236 e. The Morgan fingerprint density at radius 2 is 2.04 bits per heavy atom. The average Bonchev–Trinajstić information content (AvgIpc) is 3.22. The maximum absolute atomic E-state index is 12.2. The van der Waals surface area contributed by atoms with Crippen molar-refractivity contribution in [2.75, 3.05) is 11.1 Å². The molecule has 1 N–H and O–H groups in total. The van der Waals surface area contributed by atoms with E-state index in [1.165, 1.54) is 17.3 Å². The molecular weight excluding hydrogens is 354 g/mol. The number of benzene rings is 1. The number of thioether (sulfide) groups is 1. The van der Waals surface area contributed by atoms with E-state index in [2.05, 4.69) is 34.5 Å². The van der Waals surface area contributed by atoms with Crippen LogP contribution in [0.1, 0.15) is 22.6 Å². The Morgan fingerprint density at radius 1 is 1.28 bits per heavy atom. The van der Waals surface area contributed by atoms with Gasteiger partial charge in [0.2, 0.25) is 17.6 Å². The van der Waals surface area contributed by atoms with Gasteiger partial charge in [-0.1, -0.05) is 28.9 Å². The van der Waals surface area contributed by atoms with Gasteiger partial charge in [0.25, 0.3) is 0 Å². The molecule has 2 aromatic heterocycles. The highest BCUT2D eigenvalue weighted by molar-refractivity contribution is 7.99. The van der Waals surface area contributed by atoms with Gasteiger partial charge in [0.15, 0.2) is 0 Å². The van der Waals surface area contributed by atoms with Crippen LogP contribution in [0.4, 0.5) is 5.69 Å². The molecule has 0 spiro atoms. The molecule has 0 aliphatic rings. The van der Waals surface area contributed by atoms with Crippen LogP contribution in [0.5, 0.6) is 0 Å². The zero-order valence-electron chi connectivity index (χ0n) is 14.3. The van der Waals surface area contributed by atoms with Crippen molar-refractivity contribution in [3.63, 3.8) is 0 Å². The quantitative estimate of drug-likeness (QED) is 0.684. The summed E-state index contributed by atoms with van der Waals surface area (Å²) in [6, 6.07) is 8.04. The first-order chi connectivity index (χ1) is 12.0. The topological polar surface area (TPSA) is 68.0 Å². The van der Waals surface area contributed by atoms with Gasteiger partial charge in [0.05, 0.1) is 16.4 Å². The van der Waals surface area contributed by atoms with E-state index in [1.807, 2.05) is 31.4 Å². The SMILES string of the molecule is Cc1cc(C)c(NC(=O)CSCc2nc(-c3cccs3)no2)c(C)c1. The number of amides is 1. The summed E-state index contributed by atoms with van der Waals surface area (Å²) in [5.74, 6) is 1.95. The van der Waals surface area contributed by atoms with Gasteiger partial charge < -0.3 is 9.84 Å². The van der Waals surface area contributed by atoms with Crippen LogP contribution < -0.4 is 5.32 Å². The van der Waals surface area contributed by atoms with Crippen LogP contribution in [-0.2, 0) is 10.5 Å². The summed E-state index contributed by atoms with van der Waals surface area (Å²) in [5.41, 5.74) is 4.25. The second-order valence-corrected chi connectivity index (χ2v) is 7.74. The number of nitrogens with zero attached hydrogens (tertiary/aromatic N) is 2. The molecule has 1 aromatic carbocycles. The van der Waals surface area contributed by atoms with Crippen molar-refractivity contribution in [2.45, 2.75) is 26.5 Å². The summed E-state index contributed by atoms with van der Waals surface area (Å²) in [4.78, 5) is 17.5. The molecule has 7 heteroatoms. The summed E-state index contributed by atoms with van der Waals surface area (Å²) in [6.07, 6.45) is 0. The second kappa shape index (κ2) is 7.84. The number of hydrogen-bond acceptors (Lipinski definition) is 6. The Kier molecular flexibility index (Phi) is 5.55. The van der Waals surface area contributed by atoms with E-state index in [-0.39, 0.29) is 5.91 Å². The lowest BCUT2D eigenvalue weighted by Gasteiger charge is -2.12. The largest absolute Gasteiger partial charge is 0.338 e. The van der Waals surface area contributed by atoms with Gasteiger partial charge in [-0.05, 0) is 43.3 Å². The number of thiophene rings is 1. The van der Waals surface area contributed by atoms with Crippen molar-refractivity contribution in [2.24, 2.45) is 0 Å². The molecule has 0 radical (unpaired) electrons. The predicted octanol–water partition coefficient (Wildman–Crippen LogP) is 4.60. The normalized spacial score (nSPS) is 10.8. The third-order valence-corrected chi connectivity index (χ3v) is 5.39. The van der Waals surface area contributed by atoms with Crippen molar-refractivity contribution < 1.29 is 9.32 Å². The highest BCUT2D eigenvalue weighted by Gasteiger charge is 2.12. The molecule has 0 unspecified atom stereocenters. The molecule has 2 heterocycles. The summed E-state index contributed by atoms with van der Waals surface area (Å²) in [5, 5.41) is 8.93. The molecule has 5 nitrogen and oxygen atoms in total. The molecule has 0 fully saturated rings. The van der Waals surface area contributed by atoms with Gasteiger partial charge in [0.1, 0.15) is 0 Å². The second-order valence-electron chi connectivity index (χ2n) is 5.80. The molecule has 25 heavy (non-hydrogen) atoms. The Labute approximate surface area is 154 Å². The fourth-order valence-electron chi connectivity index (χ4n) is 2.60. The Balaban J connectivity index is 1.52. The maximum Gasteiger partial charge on any atom is 0.236 e. The van der Waals surface area contributed by atoms with Crippen LogP contribution in [0.15, 0.2) is 34.2 Å². The first kappa shape index (κ1) is 17.7. The summed E-state index contributed by atoms with van der Waals surface area (Å²) < 4.78 is 5.23. The van der Waals surface area contributed by atoms with Gasteiger partial charge in [-0.3, -0.25) is 4.79 Å². The predicted molar refractivity (Wildman–Crippen MR) is 103 cm³/mol.